The van der Waals surface area contributed by atoms with Gasteiger partial charge in [-0.05, 0) is 35.1 Å². The lowest BCUT2D eigenvalue weighted by atomic mass is 9.75. The molecule has 0 saturated carbocycles. The molecule has 2 heterocycles. The largest absolute Gasteiger partial charge is 0.465 e. The van der Waals surface area contributed by atoms with Crippen LogP contribution in [0.15, 0.2) is 24.3 Å². The number of carboxylic acid groups (broad SMARTS) is 1. The second kappa shape index (κ2) is 6.83. The van der Waals surface area contributed by atoms with Crippen LogP contribution in [-0.2, 0) is 11.8 Å². The number of hydrogen-bond acceptors (Lipinski definition) is 3. The Hall–Kier alpha value is -2.50. The van der Waals surface area contributed by atoms with Crippen LogP contribution >= 0.6 is 0 Å². The second-order valence-electron chi connectivity index (χ2n) is 9.90. The Kier molecular flexibility index (Phi) is 4.94. The highest BCUT2D eigenvalue weighted by Crippen LogP contribution is 2.40. The van der Waals surface area contributed by atoms with Crippen molar-refractivity contribution in [2.75, 3.05) is 18.8 Å². The summed E-state index contributed by atoms with van der Waals surface area (Å²) >= 11 is 0. The van der Waals surface area contributed by atoms with Crippen molar-refractivity contribution in [2.24, 2.45) is 5.41 Å². The second-order valence-corrected chi connectivity index (χ2v) is 9.90. The molecule has 6 nitrogen and oxygen atoms in total. The molecular weight excluding hydrogens is 352 g/mol. The third kappa shape index (κ3) is 3.86. The van der Waals surface area contributed by atoms with E-state index in [1.54, 1.807) is 4.68 Å². The average molecular weight is 385 g/mol. The van der Waals surface area contributed by atoms with Crippen molar-refractivity contribution in [3.8, 4) is 5.69 Å². The fourth-order valence-corrected chi connectivity index (χ4v) is 3.83. The zero-order valence-corrected chi connectivity index (χ0v) is 17.8. The highest BCUT2D eigenvalue weighted by atomic mass is 16.4. The Balaban J connectivity index is 2.06. The van der Waals surface area contributed by atoms with Crippen LogP contribution in [0.2, 0.25) is 0 Å². The van der Waals surface area contributed by atoms with Crippen molar-refractivity contribution in [3.05, 3.63) is 41.1 Å². The average Bonchev–Trinajstić information content (AvgIpc) is 2.84. The summed E-state index contributed by atoms with van der Waals surface area (Å²) in [4.78, 5) is 13.2. The molecule has 1 aromatic carbocycles. The summed E-state index contributed by atoms with van der Waals surface area (Å²) in [5.41, 5.74) is 10.4. The lowest BCUT2D eigenvalue weighted by molar-refractivity contribution is 0.135. The van der Waals surface area contributed by atoms with Crippen molar-refractivity contribution in [3.63, 3.8) is 0 Å². The number of benzene rings is 1. The summed E-state index contributed by atoms with van der Waals surface area (Å²) in [7, 11) is 0. The number of aromatic nitrogens is 2. The van der Waals surface area contributed by atoms with Gasteiger partial charge >= 0.3 is 6.09 Å². The zero-order valence-electron chi connectivity index (χ0n) is 17.8. The van der Waals surface area contributed by atoms with Gasteiger partial charge in [-0.1, -0.05) is 47.6 Å². The third-order valence-electron chi connectivity index (χ3n) is 5.62. The van der Waals surface area contributed by atoms with Crippen LogP contribution < -0.4 is 5.73 Å². The predicted octanol–water partition coefficient (Wildman–Crippen LogP) is 4.42. The van der Waals surface area contributed by atoms with Crippen LogP contribution in [0.25, 0.3) is 5.69 Å². The van der Waals surface area contributed by atoms with Crippen molar-refractivity contribution < 1.29 is 9.90 Å². The van der Waals surface area contributed by atoms with Crippen molar-refractivity contribution in [1.82, 2.24) is 14.7 Å². The van der Waals surface area contributed by atoms with E-state index in [2.05, 4.69) is 53.7 Å². The molecule has 0 radical (unpaired) electrons. The van der Waals surface area contributed by atoms with Gasteiger partial charge in [-0.2, -0.15) is 5.10 Å². The topological polar surface area (TPSA) is 84.4 Å². The Bertz CT molecular complexity index is 887. The van der Waals surface area contributed by atoms with Gasteiger partial charge in [-0.3, -0.25) is 0 Å². The van der Waals surface area contributed by atoms with Crippen molar-refractivity contribution in [1.29, 1.82) is 0 Å². The predicted molar refractivity (Wildman–Crippen MR) is 112 cm³/mol. The van der Waals surface area contributed by atoms with E-state index in [9.17, 15) is 9.90 Å². The van der Waals surface area contributed by atoms with Crippen LogP contribution in [0.4, 0.5) is 10.6 Å². The fourth-order valence-electron chi connectivity index (χ4n) is 3.83. The lowest BCUT2D eigenvalue weighted by Crippen LogP contribution is -2.36. The summed E-state index contributed by atoms with van der Waals surface area (Å²) in [6.07, 6.45) is -0.163. The van der Waals surface area contributed by atoms with Crippen LogP contribution in [0.1, 0.15) is 64.3 Å². The Morgan fingerprint density at radius 1 is 1.18 bits per heavy atom. The molecule has 0 fully saturated rings. The Labute approximate surface area is 167 Å². The normalized spacial score (nSPS) is 17.9. The van der Waals surface area contributed by atoms with Crippen LogP contribution in [0.5, 0.6) is 0 Å². The van der Waals surface area contributed by atoms with E-state index in [-0.39, 0.29) is 16.7 Å². The van der Waals surface area contributed by atoms with Crippen molar-refractivity contribution >= 4 is 11.9 Å². The number of amides is 1. The van der Waals surface area contributed by atoms with E-state index in [0.717, 1.165) is 11.4 Å². The Morgan fingerprint density at radius 2 is 1.86 bits per heavy atom. The van der Waals surface area contributed by atoms with E-state index in [1.165, 1.54) is 16.0 Å². The minimum absolute atomic E-state index is 0.0432. The van der Waals surface area contributed by atoms with Crippen molar-refractivity contribution in [2.45, 2.75) is 59.3 Å². The number of nitrogen functional groups attached to an aromatic ring is 1. The van der Waals surface area contributed by atoms with E-state index >= 15 is 0 Å². The molecule has 6 heteroatoms. The minimum atomic E-state index is -0.853. The number of anilines is 1. The zero-order chi connectivity index (χ0) is 20.9. The summed E-state index contributed by atoms with van der Waals surface area (Å²) in [6.45, 7) is 13.9. The maximum atomic E-state index is 11.7. The van der Waals surface area contributed by atoms with Gasteiger partial charge in [-0.15, -0.1) is 0 Å². The summed E-state index contributed by atoms with van der Waals surface area (Å²) in [5, 5.41) is 14.3. The van der Waals surface area contributed by atoms with Gasteiger partial charge in [0.1, 0.15) is 5.82 Å². The maximum Gasteiger partial charge on any atom is 0.407 e. The number of carbonyl (C=O) groups is 1. The van der Waals surface area contributed by atoms with E-state index in [0.29, 0.717) is 25.3 Å². The van der Waals surface area contributed by atoms with Gasteiger partial charge in [0.05, 0.1) is 11.4 Å². The minimum Gasteiger partial charge on any atom is -0.465 e. The van der Waals surface area contributed by atoms with Crippen LogP contribution in [-0.4, -0.2) is 39.0 Å². The molecule has 28 heavy (non-hydrogen) atoms. The first-order valence-corrected chi connectivity index (χ1v) is 9.85. The van der Waals surface area contributed by atoms with Gasteiger partial charge in [0.2, 0.25) is 0 Å². The number of hydrogen-bond donors (Lipinski definition) is 2. The number of rotatable bonds is 1. The molecule has 2 aromatic rings. The molecule has 0 saturated heterocycles. The van der Waals surface area contributed by atoms with E-state index in [1.807, 2.05) is 12.1 Å². The van der Waals surface area contributed by atoms with Crippen LogP contribution in [0, 0.1) is 5.41 Å². The molecule has 1 amide bonds. The molecule has 0 spiro atoms. The molecular formula is C22H32N4O2. The molecule has 1 aliphatic heterocycles. The monoisotopic (exact) mass is 384 g/mol. The molecule has 3 N–H and O–H groups in total. The molecule has 1 atom stereocenters. The first-order chi connectivity index (χ1) is 12.9. The van der Waals surface area contributed by atoms with Gasteiger partial charge in [0.25, 0.3) is 0 Å². The van der Waals surface area contributed by atoms with E-state index in [4.69, 9.17) is 10.8 Å². The fraction of sp³-hybridized carbons (Fsp3) is 0.545. The number of nitrogens with zero attached hydrogens (tertiary/aromatic N) is 3. The standard InChI is InChI=1S/C22H32N4O2/c1-21(2,3)17-13-25(20(27)28)10-9-14-11-15(7-8-16(14)17)26-19(23)12-18(24-26)22(4,5)6/h7-8,11-12,17H,9-10,13,23H2,1-6H3,(H,27,28). The number of fused-ring (bicyclic) bond motifs is 1. The first kappa shape index (κ1) is 20.2. The molecule has 152 valence electrons. The SMILES string of the molecule is CC(C)(C)c1cc(N)n(-c2ccc3c(c2)CCN(C(=O)O)CC3C(C)(C)C)n1. The van der Waals surface area contributed by atoms with Gasteiger partial charge < -0.3 is 15.7 Å². The highest BCUT2D eigenvalue weighted by molar-refractivity contribution is 5.65. The highest BCUT2D eigenvalue weighted by Gasteiger charge is 2.33. The molecule has 3 rings (SSSR count). The molecule has 1 aliphatic rings. The smallest absolute Gasteiger partial charge is 0.407 e. The van der Waals surface area contributed by atoms with E-state index < -0.39 is 6.09 Å². The molecule has 0 aliphatic carbocycles. The summed E-state index contributed by atoms with van der Waals surface area (Å²) < 4.78 is 1.78. The summed E-state index contributed by atoms with van der Waals surface area (Å²) in [6, 6.07) is 8.22. The first-order valence-electron chi connectivity index (χ1n) is 9.85. The molecule has 1 aromatic heterocycles. The maximum absolute atomic E-state index is 11.7. The van der Waals surface area contributed by atoms with Crippen LogP contribution in [0.3, 0.4) is 0 Å². The quantitative estimate of drug-likeness (QED) is 0.762. The summed E-state index contributed by atoms with van der Waals surface area (Å²) in [5.74, 6) is 0.744. The van der Waals surface area contributed by atoms with Gasteiger partial charge in [0, 0.05) is 30.5 Å². The lowest BCUT2D eigenvalue weighted by Gasteiger charge is -2.33. The Morgan fingerprint density at radius 3 is 2.39 bits per heavy atom. The van der Waals surface area contributed by atoms with Gasteiger partial charge in [0.15, 0.2) is 0 Å². The molecule has 1 unspecified atom stereocenters. The molecule has 0 bridgehead atoms. The van der Waals surface area contributed by atoms with Gasteiger partial charge in [-0.25, -0.2) is 9.48 Å². The third-order valence-corrected chi connectivity index (χ3v) is 5.62. The number of nitrogens with two attached hydrogens (primary N) is 1.